The van der Waals surface area contributed by atoms with Gasteiger partial charge in [-0.25, -0.2) is 0 Å². The summed E-state index contributed by atoms with van der Waals surface area (Å²) in [5.74, 6) is 0. The van der Waals surface area contributed by atoms with E-state index < -0.39 is 0 Å². The number of rotatable bonds is 3. The maximum absolute atomic E-state index is 2.64. The number of nitrogens with zero attached hydrogens (tertiary/aromatic N) is 4. The summed E-state index contributed by atoms with van der Waals surface area (Å²) in [6.07, 6.45) is 0.889. The summed E-state index contributed by atoms with van der Waals surface area (Å²) >= 11 is 0. The van der Waals surface area contributed by atoms with E-state index >= 15 is 0 Å². The van der Waals surface area contributed by atoms with Crippen LogP contribution in [-0.2, 0) is 28.1 Å². The summed E-state index contributed by atoms with van der Waals surface area (Å²) in [7, 11) is 0. The molecule has 386 valence electrons. The van der Waals surface area contributed by atoms with Crippen molar-refractivity contribution in [2.45, 2.75) is 104 Å². The molecule has 0 aliphatic rings. The van der Waals surface area contributed by atoms with E-state index in [0.717, 1.165) is 6.42 Å². The summed E-state index contributed by atoms with van der Waals surface area (Å²) in [6.45, 7) is 26.1. The average Bonchev–Trinajstić information content (AvgIpc) is 3.91. The lowest BCUT2D eigenvalue weighted by atomic mass is 9.78. The van der Waals surface area contributed by atoms with E-state index in [1.807, 2.05) is 0 Å². The van der Waals surface area contributed by atoms with Crippen LogP contribution in [0.5, 0.6) is 0 Å². The van der Waals surface area contributed by atoms with Crippen molar-refractivity contribution in [2.75, 3.05) is 0 Å². The van der Waals surface area contributed by atoms with E-state index in [9.17, 15) is 0 Å². The van der Waals surface area contributed by atoms with Crippen LogP contribution in [0.4, 0.5) is 0 Å². The quantitative estimate of drug-likeness (QED) is 0.168. The van der Waals surface area contributed by atoms with E-state index in [-0.39, 0.29) is 21.7 Å². The van der Waals surface area contributed by atoms with E-state index in [1.54, 1.807) is 0 Å². The Morgan fingerprint density at radius 1 is 0.250 bits per heavy atom. The Bertz CT molecular complexity index is 5760. The smallest absolute Gasteiger partial charge is 0.0628 e. The Hall–Kier alpha value is -8.60. The molecular formula is C76H62N4. The fourth-order valence-corrected chi connectivity index (χ4v) is 15.7. The monoisotopic (exact) mass is 1030 g/mol. The molecule has 0 N–H and O–H groups in total. The molecule has 0 aliphatic heterocycles. The molecule has 0 saturated heterocycles. The molecule has 18 rings (SSSR count). The van der Waals surface area contributed by atoms with Gasteiger partial charge in [0.25, 0.3) is 0 Å². The third-order valence-electron chi connectivity index (χ3n) is 19.7. The van der Waals surface area contributed by atoms with Crippen LogP contribution in [0.1, 0.15) is 104 Å². The summed E-state index contributed by atoms with van der Waals surface area (Å²) in [5, 5.41) is 21.5. The van der Waals surface area contributed by atoms with Crippen molar-refractivity contribution in [3.05, 3.63) is 192 Å². The Morgan fingerprint density at radius 2 is 0.637 bits per heavy atom. The first-order chi connectivity index (χ1) is 38.3. The van der Waals surface area contributed by atoms with Gasteiger partial charge in [0.05, 0.1) is 66.2 Å². The molecular weight excluding hydrogens is 969 g/mol. The topological polar surface area (TPSA) is 17.6 Å². The zero-order valence-electron chi connectivity index (χ0n) is 47.6. The van der Waals surface area contributed by atoms with E-state index in [4.69, 9.17) is 0 Å². The Balaban J connectivity index is 0.890. The summed E-state index contributed by atoms with van der Waals surface area (Å²) < 4.78 is 10.4. The molecule has 80 heavy (non-hydrogen) atoms. The fourth-order valence-electron chi connectivity index (χ4n) is 15.7. The van der Waals surface area contributed by atoms with Crippen LogP contribution in [0.25, 0.3) is 152 Å². The summed E-state index contributed by atoms with van der Waals surface area (Å²) in [6, 6.07) is 64.4. The average molecular weight is 1030 g/mol. The minimum absolute atomic E-state index is 0.00224. The largest absolute Gasteiger partial charge is 0.308 e. The Kier molecular flexibility index (Phi) is 8.05. The van der Waals surface area contributed by atoms with Crippen molar-refractivity contribution in [3.8, 4) is 0 Å². The van der Waals surface area contributed by atoms with E-state index in [2.05, 4.69) is 258 Å². The van der Waals surface area contributed by atoms with Crippen LogP contribution < -0.4 is 0 Å². The number of aromatic nitrogens is 4. The van der Waals surface area contributed by atoms with Crippen molar-refractivity contribution in [1.82, 2.24) is 17.6 Å². The third-order valence-corrected chi connectivity index (χ3v) is 19.7. The standard InChI is InChI=1S/C76H62N4/c1-73(2,3)41-25-29-60-49(32-41)51-35-44(75(7,8)9)36-55-66-63(79(60)69(51)55)38-53-50-34-43(27-31-59(50)78-61-30-26-42(74(4,5)6)33-54(61)68(66)72(53)78)76(10,11)39-40-24-28-48-65-62(80-57-22-16-13-19-46(57)64(40)70(48)80)37-52-45-18-12-15-21-56(45)77-58-23-17-14-20-47(58)67(65)71(52)77/h12-38H,39H2,1-11H3. The molecule has 0 radical (unpaired) electrons. The summed E-state index contributed by atoms with van der Waals surface area (Å²) in [4.78, 5) is 0. The van der Waals surface area contributed by atoms with Gasteiger partial charge in [0.1, 0.15) is 0 Å². The predicted molar refractivity (Wildman–Crippen MR) is 344 cm³/mol. The van der Waals surface area contributed by atoms with E-state index in [1.165, 1.54) is 180 Å². The zero-order chi connectivity index (χ0) is 54.2. The molecule has 18 aromatic rings. The lowest BCUT2D eigenvalue weighted by Gasteiger charge is -2.26. The van der Waals surface area contributed by atoms with Gasteiger partial charge < -0.3 is 17.6 Å². The van der Waals surface area contributed by atoms with Crippen LogP contribution in [0.2, 0.25) is 0 Å². The maximum Gasteiger partial charge on any atom is 0.0628 e. The zero-order valence-corrected chi connectivity index (χ0v) is 47.6. The number of hydrogen-bond acceptors (Lipinski definition) is 0. The van der Waals surface area contributed by atoms with E-state index in [0.29, 0.717) is 0 Å². The van der Waals surface area contributed by atoms with Gasteiger partial charge in [-0.1, -0.05) is 161 Å². The Labute approximate surface area is 463 Å². The molecule has 0 bridgehead atoms. The van der Waals surface area contributed by atoms with Crippen LogP contribution in [-0.4, -0.2) is 17.6 Å². The highest BCUT2D eigenvalue weighted by atomic mass is 15.0. The lowest BCUT2D eigenvalue weighted by molar-refractivity contribution is 0.525. The minimum Gasteiger partial charge on any atom is -0.308 e. The normalized spacial score (nSPS) is 14.0. The highest BCUT2D eigenvalue weighted by molar-refractivity contribution is 6.40. The fraction of sp³-hybridized carbons (Fsp3) is 0.211. The van der Waals surface area contributed by atoms with Crippen molar-refractivity contribution in [1.29, 1.82) is 0 Å². The van der Waals surface area contributed by atoms with Gasteiger partial charge >= 0.3 is 0 Å². The van der Waals surface area contributed by atoms with Gasteiger partial charge in [0, 0.05) is 86.2 Å². The molecule has 0 saturated carbocycles. The molecule has 10 aromatic carbocycles. The molecule has 0 fully saturated rings. The first-order valence-electron chi connectivity index (χ1n) is 29.1. The Morgan fingerprint density at radius 3 is 1.24 bits per heavy atom. The second-order valence-electron chi connectivity index (χ2n) is 27.9. The highest BCUT2D eigenvalue weighted by Crippen LogP contribution is 2.53. The molecule has 0 aliphatic carbocycles. The molecule has 4 nitrogen and oxygen atoms in total. The number of hydrogen-bond donors (Lipinski definition) is 0. The first kappa shape index (κ1) is 45.3. The van der Waals surface area contributed by atoms with Gasteiger partial charge in [0.2, 0.25) is 0 Å². The van der Waals surface area contributed by atoms with Gasteiger partial charge in [-0.15, -0.1) is 0 Å². The molecule has 0 unspecified atom stereocenters. The van der Waals surface area contributed by atoms with Crippen LogP contribution in [0, 0.1) is 0 Å². The molecule has 0 spiro atoms. The second-order valence-corrected chi connectivity index (χ2v) is 27.9. The maximum atomic E-state index is 2.64. The minimum atomic E-state index is -0.212. The van der Waals surface area contributed by atoms with Crippen molar-refractivity contribution < 1.29 is 0 Å². The number of fused-ring (bicyclic) bond motifs is 26. The van der Waals surface area contributed by atoms with Gasteiger partial charge in [-0.2, -0.15) is 0 Å². The molecule has 8 aromatic heterocycles. The summed E-state index contributed by atoms with van der Waals surface area (Å²) in [5.41, 5.74) is 22.2. The van der Waals surface area contributed by atoms with Gasteiger partial charge in [-0.3, -0.25) is 0 Å². The molecule has 0 atom stereocenters. The van der Waals surface area contributed by atoms with Gasteiger partial charge in [-0.05, 0) is 135 Å². The highest BCUT2D eigenvalue weighted by Gasteiger charge is 2.33. The second kappa shape index (κ2) is 14.2. The van der Waals surface area contributed by atoms with Crippen molar-refractivity contribution >= 4 is 152 Å². The predicted octanol–water partition coefficient (Wildman–Crippen LogP) is 20.7. The SMILES string of the molecule is CC(C)(C)c1ccc2c(c1)c1cc(C(C)(C)C)cc3c4c5c6cc(C(C)(C)C)ccc6n6c7ccc(C(C)(C)Cc8ccc9c%10c%11c%12ccccc%12n%12c%13ccccc%13c(cc%10n%10c%13ccccc%13c8c9%10)c%11%12)cc7c(cc4n2c13)c56. The number of para-hydroxylation sites is 3. The third kappa shape index (κ3) is 5.39. The van der Waals surface area contributed by atoms with Crippen LogP contribution in [0.3, 0.4) is 0 Å². The van der Waals surface area contributed by atoms with Crippen LogP contribution >= 0.6 is 0 Å². The number of benzene rings is 10. The first-order valence-corrected chi connectivity index (χ1v) is 29.1. The van der Waals surface area contributed by atoms with Crippen molar-refractivity contribution in [3.63, 3.8) is 0 Å². The molecule has 4 heteroatoms. The van der Waals surface area contributed by atoms with Gasteiger partial charge in [0.15, 0.2) is 0 Å². The van der Waals surface area contributed by atoms with Crippen molar-refractivity contribution in [2.24, 2.45) is 0 Å². The lowest BCUT2D eigenvalue weighted by Crippen LogP contribution is -2.20. The molecule has 0 amide bonds. The van der Waals surface area contributed by atoms with Crippen LogP contribution in [0.15, 0.2) is 164 Å². The molecule has 8 heterocycles.